The van der Waals surface area contributed by atoms with Gasteiger partial charge >= 0.3 is 6.18 Å². The van der Waals surface area contributed by atoms with E-state index in [1.807, 2.05) is 29.5 Å². The lowest BCUT2D eigenvalue weighted by Crippen LogP contribution is -2.48. The molecule has 1 fully saturated rings. The van der Waals surface area contributed by atoms with E-state index in [9.17, 15) is 18.0 Å². The first-order valence-corrected chi connectivity index (χ1v) is 11.5. The molecule has 2 aromatic heterocycles. The van der Waals surface area contributed by atoms with Crippen LogP contribution in [0.5, 0.6) is 0 Å². The first-order valence-electron chi connectivity index (χ1n) is 11.5. The number of piperazine rings is 1. The Kier molecular flexibility index (Phi) is 6.57. The van der Waals surface area contributed by atoms with Crippen LogP contribution < -0.4 is 10.4 Å². The van der Waals surface area contributed by atoms with Gasteiger partial charge in [-0.1, -0.05) is 12.1 Å². The van der Waals surface area contributed by atoms with Crippen molar-refractivity contribution < 1.29 is 18.0 Å². The van der Waals surface area contributed by atoms with Crippen LogP contribution >= 0.6 is 0 Å². The number of nitrogens with zero attached hydrogens (tertiary/aromatic N) is 6. The fourth-order valence-electron chi connectivity index (χ4n) is 4.54. The Morgan fingerprint density at radius 1 is 1.14 bits per heavy atom. The van der Waals surface area contributed by atoms with E-state index in [1.165, 1.54) is 13.0 Å². The summed E-state index contributed by atoms with van der Waals surface area (Å²) >= 11 is 0. The number of carbonyl (C=O) groups excluding carboxylic acids is 1. The SMILES string of the molecule is CC(=O)N1CCN(c2cnc3c(c2)c(=N[C@H](C)c2cccc(C(F)(F)F)c2C)nc(C)n3C)CC1. The highest BCUT2D eigenvalue weighted by atomic mass is 19.4. The number of alkyl halides is 3. The van der Waals surface area contributed by atoms with Gasteiger partial charge in [0.25, 0.3) is 0 Å². The Labute approximate surface area is 201 Å². The lowest BCUT2D eigenvalue weighted by molar-refractivity contribution is -0.138. The van der Waals surface area contributed by atoms with Gasteiger partial charge in [0.15, 0.2) is 5.49 Å². The van der Waals surface area contributed by atoms with Crippen LogP contribution in [0.2, 0.25) is 0 Å². The Hall–Kier alpha value is -3.43. The van der Waals surface area contributed by atoms with Gasteiger partial charge in [-0.05, 0) is 44.0 Å². The second kappa shape index (κ2) is 9.31. The number of benzene rings is 1. The average molecular weight is 487 g/mol. The first-order chi connectivity index (χ1) is 16.5. The van der Waals surface area contributed by atoms with Crippen LogP contribution in [0.3, 0.4) is 0 Å². The van der Waals surface area contributed by atoms with Crippen LogP contribution in [0.4, 0.5) is 18.9 Å². The van der Waals surface area contributed by atoms with Gasteiger partial charge in [-0.25, -0.2) is 9.97 Å². The zero-order chi connectivity index (χ0) is 25.5. The number of fused-ring (bicyclic) bond motifs is 1. The molecule has 10 heteroatoms. The van der Waals surface area contributed by atoms with Crippen LogP contribution in [0.25, 0.3) is 11.0 Å². The van der Waals surface area contributed by atoms with Crippen molar-refractivity contribution in [2.45, 2.75) is 39.9 Å². The smallest absolute Gasteiger partial charge is 0.367 e. The molecule has 0 N–H and O–H groups in total. The maximum atomic E-state index is 13.4. The number of rotatable bonds is 3. The van der Waals surface area contributed by atoms with Crippen LogP contribution in [0.1, 0.15) is 42.4 Å². The van der Waals surface area contributed by atoms with Crippen LogP contribution in [-0.2, 0) is 18.0 Å². The molecule has 1 aliphatic rings. The minimum atomic E-state index is -4.42. The molecule has 0 saturated carbocycles. The lowest BCUT2D eigenvalue weighted by Gasteiger charge is -2.35. The molecule has 3 heterocycles. The Bertz CT molecular complexity index is 1340. The molecule has 0 radical (unpaired) electrons. The summed E-state index contributed by atoms with van der Waals surface area (Å²) in [6.45, 7) is 9.31. The van der Waals surface area contributed by atoms with E-state index in [1.54, 1.807) is 26.1 Å². The molecule has 7 nitrogen and oxygen atoms in total. The van der Waals surface area contributed by atoms with Gasteiger partial charge in [-0.15, -0.1) is 0 Å². The second-order valence-electron chi connectivity index (χ2n) is 8.92. The average Bonchev–Trinajstić information content (AvgIpc) is 2.81. The molecule has 1 saturated heterocycles. The predicted molar refractivity (Wildman–Crippen MR) is 128 cm³/mol. The Morgan fingerprint density at radius 2 is 1.83 bits per heavy atom. The summed E-state index contributed by atoms with van der Waals surface area (Å²) in [5.41, 5.74) is 2.04. The van der Waals surface area contributed by atoms with Gasteiger partial charge in [0.1, 0.15) is 11.5 Å². The number of hydrogen-bond donors (Lipinski definition) is 0. The maximum Gasteiger partial charge on any atom is 0.416 e. The molecule has 1 amide bonds. The molecule has 0 unspecified atom stereocenters. The van der Waals surface area contributed by atoms with E-state index in [0.717, 1.165) is 17.1 Å². The third-order valence-electron chi connectivity index (χ3n) is 6.70. The van der Waals surface area contributed by atoms with Crippen molar-refractivity contribution in [2.75, 3.05) is 31.1 Å². The third-order valence-corrected chi connectivity index (χ3v) is 6.70. The highest BCUT2D eigenvalue weighted by Crippen LogP contribution is 2.35. The summed E-state index contributed by atoms with van der Waals surface area (Å²) in [5, 5.41) is 0.723. The fourth-order valence-corrected chi connectivity index (χ4v) is 4.54. The zero-order valence-corrected chi connectivity index (χ0v) is 20.5. The normalized spacial score (nSPS) is 16.2. The summed E-state index contributed by atoms with van der Waals surface area (Å²) in [5.74, 6) is 0.757. The number of anilines is 1. The van der Waals surface area contributed by atoms with Gasteiger partial charge in [0, 0.05) is 40.2 Å². The standard InChI is InChI=1S/C25H29F3N6O/c1-15-20(7-6-8-22(15)25(26,27)28)16(2)30-23-21-13-19(14-29-24(21)32(5)17(3)31-23)34-11-9-33(10-12-34)18(4)35/h6-8,13-14,16H,9-12H2,1-5H3/t16-/m1/s1. The number of carbonyl (C=O) groups is 1. The number of hydrogen-bond acceptors (Lipinski definition) is 5. The Morgan fingerprint density at radius 3 is 2.46 bits per heavy atom. The number of halogens is 3. The van der Waals surface area contributed by atoms with Crippen molar-refractivity contribution in [2.24, 2.45) is 12.0 Å². The van der Waals surface area contributed by atoms with Crippen LogP contribution in [-0.4, -0.2) is 51.5 Å². The molecule has 1 aromatic carbocycles. The van der Waals surface area contributed by atoms with Crippen LogP contribution in [0.15, 0.2) is 35.5 Å². The number of aromatic nitrogens is 3. The fraction of sp³-hybridized carbons (Fsp3) is 0.440. The molecule has 186 valence electrons. The second-order valence-corrected chi connectivity index (χ2v) is 8.92. The summed E-state index contributed by atoms with van der Waals surface area (Å²) in [6, 6.07) is 5.62. The van der Waals surface area contributed by atoms with Gasteiger partial charge < -0.3 is 14.4 Å². The summed E-state index contributed by atoms with van der Waals surface area (Å²) in [6.07, 6.45) is -2.62. The van der Waals surface area contributed by atoms with Crippen molar-refractivity contribution in [3.63, 3.8) is 0 Å². The van der Waals surface area contributed by atoms with Crippen molar-refractivity contribution in [1.82, 2.24) is 19.4 Å². The van der Waals surface area contributed by atoms with E-state index < -0.39 is 17.8 Å². The number of aryl methyl sites for hydroxylation is 2. The van der Waals surface area contributed by atoms with Gasteiger partial charge in [0.05, 0.1) is 28.9 Å². The van der Waals surface area contributed by atoms with Gasteiger partial charge in [0.2, 0.25) is 5.91 Å². The maximum absolute atomic E-state index is 13.4. The molecular formula is C25H29F3N6O. The third kappa shape index (κ3) is 4.87. The monoisotopic (exact) mass is 486 g/mol. The number of pyridine rings is 1. The van der Waals surface area contributed by atoms with Crippen molar-refractivity contribution >= 4 is 22.6 Å². The topological polar surface area (TPSA) is 66.6 Å². The predicted octanol–water partition coefficient (Wildman–Crippen LogP) is 3.93. The lowest BCUT2D eigenvalue weighted by atomic mass is 9.97. The van der Waals surface area contributed by atoms with Crippen molar-refractivity contribution in [1.29, 1.82) is 0 Å². The minimum absolute atomic E-state index is 0.0629. The molecular weight excluding hydrogens is 457 g/mol. The highest BCUT2D eigenvalue weighted by molar-refractivity contribution is 5.78. The molecule has 3 aromatic rings. The first kappa shape index (κ1) is 24.7. The molecule has 35 heavy (non-hydrogen) atoms. The minimum Gasteiger partial charge on any atom is -0.367 e. The van der Waals surface area contributed by atoms with E-state index in [-0.39, 0.29) is 11.5 Å². The van der Waals surface area contributed by atoms with Crippen molar-refractivity contribution in [3.05, 3.63) is 58.5 Å². The van der Waals surface area contributed by atoms with Crippen molar-refractivity contribution in [3.8, 4) is 0 Å². The summed E-state index contributed by atoms with van der Waals surface area (Å²) in [7, 11) is 1.87. The summed E-state index contributed by atoms with van der Waals surface area (Å²) in [4.78, 5) is 29.7. The van der Waals surface area contributed by atoms with E-state index >= 15 is 0 Å². The molecule has 1 aliphatic heterocycles. The molecule has 4 rings (SSSR count). The highest BCUT2D eigenvalue weighted by Gasteiger charge is 2.33. The van der Waals surface area contributed by atoms with E-state index in [2.05, 4.69) is 14.9 Å². The van der Waals surface area contributed by atoms with Gasteiger partial charge in [-0.3, -0.25) is 9.79 Å². The summed E-state index contributed by atoms with van der Waals surface area (Å²) < 4.78 is 42.2. The van der Waals surface area contributed by atoms with E-state index in [4.69, 9.17) is 4.99 Å². The largest absolute Gasteiger partial charge is 0.416 e. The van der Waals surface area contributed by atoms with E-state index in [0.29, 0.717) is 48.7 Å². The molecule has 0 spiro atoms. The Balaban J connectivity index is 1.78. The molecule has 0 aliphatic carbocycles. The van der Waals surface area contributed by atoms with Crippen LogP contribution in [0, 0.1) is 13.8 Å². The molecule has 1 atom stereocenters. The molecule has 0 bridgehead atoms. The number of amides is 1. The quantitative estimate of drug-likeness (QED) is 0.563. The van der Waals surface area contributed by atoms with Gasteiger partial charge in [-0.2, -0.15) is 13.2 Å². The zero-order valence-electron chi connectivity index (χ0n) is 20.5.